The maximum atomic E-state index is 12.1. The lowest BCUT2D eigenvalue weighted by molar-refractivity contribution is 0.662. The van der Waals surface area contributed by atoms with Crippen molar-refractivity contribution in [3.05, 3.63) is 71.7 Å². The molecule has 1 heterocycles. The van der Waals surface area contributed by atoms with Gasteiger partial charge in [-0.15, -0.1) is 0 Å². The Hall–Kier alpha value is -1.15. The molecule has 0 aliphatic heterocycles. The third-order valence-electron chi connectivity index (χ3n) is 3.96. The lowest BCUT2D eigenvalue weighted by Gasteiger charge is -2.10. The Morgan fingerprint density at radius 2 is 1.69 bits per heavy atom. The van der Waals surface area contributed by atoms with Crippen LogP contribution in [0.4, 0.5) is 5.82 Å². The maximum Gasteiger partial charge on any atom is 0.191 e. The van der Waals surface area contributed by atoms with Crippen molar-refractivity contribution in [3.8, 4) is 0 Å². The van der Waals surface area contributed by atoms with Gasteiger partial charge in [0.2, 0.25) is 0 Å². The van der Waals surface area contributed by atoms with Crippen LogP contribution < -0.4 is 16.1 Å². The molecule has 2 aromatic carbocycles. The van der Waals surface area contributed by atoms with Crippen LogP contribution in [0.2, 0.25) is 0 Å². The van der Waals surface area contributed by atoms with Crippen molar-refractivity contribution in [1.82, 2.24) is 10.3 Å². The first-order chi connectivity index (χ1) is 12.5. The molecule has 0 aliphatic carbocycles. The fraction of sp³-hybridized carbons (Fsp3) is 0.211. The van der Waals surface area contributed by atoms with Crippen LogP contribution in [0.5, 0.6) is 0 Å². The van der Waals surface area contributed by atoms with Crippen LogP contribution in [-0.2, 0) is 6.54 Å². The Kier molecular flexibility index (Phi) is 6.92. The molecule has 0 fully saturated rings. The highest BCUT2D eigenvalue weighted by Gasteiger charge is 2.04. The van der Waals surface area contributed by atoms with E-state index in [1.807, 2.05) is 24.3 Å². The molecule has 1 aromatic heterocycles. The Balaban J connectivity index is 1.45. The van der Waals surface area contributed by atoms with E-state index in [1.54, 1.807) is 6.07 Å². The molecule has 0 radical (unpaired) electrons. The van der Waals surface area contributed by atoms with Crippen molar-refractivity contribution in [2.24, 2.45) is 0 Å². The van der Waals surface area contributed by atoms with E-state index in [0.717, 1.165) is 50.8 Å². The van der Waals surface area contributed by atoms with Crippen molar-refractivity contribution < 1.29 is 0 Å². The van der Waals surface area contributed by atoms with Gasteiger partial charge in [0.15, 0.2) is 5.43 Å². The number of aromatic amines is 1. The Bertz CT molecular complexity index is 949. The quantitative estimate of drug-likeness (QED) is 0.276. The summed E-state index contributed by atoms with van der Waals surface area (Å²) in [7, 11) is 0. The van der Waals surface area contributed by atoms with E-state index in [4.69, 9.17) is 0 Å². The predicted molar refractivity (Wildman–Crippen MR) is 119 cm³/mol. The lowest BCUT2D eigenvalue weighted by atomic mass is 10.2. The Morgan fingerprint density at radius 1 is 0.962 bits per heavy atom. The standard InChI is InChI=1S/C19H18Br3N3O/c20-14-8-12(9-15(21)19(14)22)11-23-6-3-7-24-18-10-17(26)13-4-1-2-5-16(13)25-18/h1-2,4-5,8-10,23H,3,6-7,11H2,(H2,24,25,26). The highest BCUT2D eigenvalue weighted by molar-refractivity contribution is 9.14. The normalized spacial score (nSPS) is 11.0. The largest absolute Gasteiger partial charge is 0.371 e. The number of nitrogens with one attached hydrogen (secondary N) is 3. The summed E-state index contributed by atoms with van der Waals surface area (Å²) in [6, 6.07) is 13.4. The first-order valence-corrected chi connectivity index (χ1v) is 10.6. The minimum absolute atomic E-state index is 0.0337. The molecule has 0 unspecified atom stereocenters. The van der Waals surface area contributed by atoms with Crippen LogP contribution in [0, 0.1) is 0 Å². The smallest absolute Gasteiger partial charge is 0.191 e. The van der Waals surface area contributed by atoms with Crippen molar-refractivity contribution in [3.63, 3.8) is 0 Å². The average Bonchev–Trinajstić information content (AvgIpc) is 2.62. The van der Waals surface area contributed by atoms with Gasteiger partial charge in [-0.2, -0.15) is 0 Å². The summed E-state index contributed by atoms with van der Waals surface area (Å²) in [5.74, 6) is 0.759. The number of hydrogen-bond acceptors (Lipinski definition) is 3. The van der Waals surface area contributed by atoms with Gasteiger partial charge in [-0.25, -0.2) is 0 Å². The molecule has 4 nitrogen and oxygen atoms in total. The number of pyridine rings is 1. The summed E-state index contributed by atoms with van der Waals surface area (Å²) in [4.78, 5) is 15.3. The van der Waals surface area contributed by atoms with Crippen molar-refractivity contribution in [2.75, 3.05) is 18.4 Å². The second-order valence-corrected chi connectivity index (χ2v) is 8.43. The molecule has 0 spiro atoms. The number of halogens is 3. The molecule has 7 heteroatoms. The van der Waals surface area contributed by atoms with E-state index in [1.165, 1.54) is 5.56 Å². The molecule has 0 saturated heterocycles. The van der Waals surface area contributed by atoms with E-state index in [9.17, 15) is 4.79 Å². The van der Waals surface area contributed by atoms with Crippen molar-refractivity contribution in [1.29, 1.82) is 0 Å². The summed E-state index contributed by atoms with van der Waals surface area (Å²) >= 11 is 10.6. The highest BCUT2D eigenvalue weighted by Crippen LogP contribution is 2.32. The molecule has 0 amide bonds. The van der Waals surface area contributed by atoms with Gasteiger partial charge >= 0.3 is 0 Å². The zero-order chi connectivity index (χ0) is 18.5. The first-order valence-electron chi connectivity index (χ1n) is 8.24. The van der Waals surface area contributed by atoms with Crippen molar-refractivity contribution >= 4 is 64.5 Å². The molecular formula is C19H18Br3N3O. The van der Waals surface area contributed by atoms with Gasteiger partial charge in [-0.1, -0.05) is 12.1 Å². The Labute approximate surface area is 177 Å². The minimum atomic E-state index is 0.0337. The van der Waals surface area contributed by atoms with Gasteiger partial charge in [-0.3, -0.25) is 4.79 Å². The molecular weight excluding hydrogens is 526 g/mol. The van der Waals surface area contributed by atoms with Crippen LogP contribution in [0.25, 0.3) is 10.9 Å². The zero-order valence-corrected chi connectivity index (χ0v) is 18.7. The van der Waals surface area contributed by atoms with E-state index < -0.39 is 0 Å². The fourth-order valence-corrected chi connectivity index (χ4v) is 4.18. The lowest BCUT2D eigenvalue weighted by Crippen LogP contribution is -2.18. The van der Waals surface area contributed by atoms with Crippen LogP contribution in [0.15, 0.2) is 60.7 Å². The van der Waals surface area contributed by atoms with E-state index in [-0.39, 0.29) is 5.43 Å². The van der Waals surface area contributed by atoms with Gasteiger partial charge in [0.25, 0.3) is 0 Å². The molecule has 3 N–H and O–H groups in total. The number of fused-ring (bicyclic) bond motifs is 1. The Morgan fingerprint density at radius 3 is 2.46 bits per heavy atom. The second-order valence-electron chi connectivity index (χ2n) is 5.92. The van der Waals surface area contributed by atoms with Gasteiger partial charge in [0.1, 0.15) is 5.82 Å². The summed E-state index contributed by atoms with van der Waals surface area (Å²) in [6.07, 6.45) is 0.952. The molecule has 26 heavy (non-hydrogen) atoms. The fourth-order valence-electron chi connectivity index (χ4n) is 2.67. The molecule has 0 saturated carbocycles. The third kappa shape index (κ3) is 4.97. The number of para-hydroxylation sites is 1. The van der Waals surface area contributed by atoms with Crippen LogP contribution in [0.3, 0.4) is 0 Å². The molecule has 3 aromatic rings. The van der Waals surface area contributed by atoms with Gasteiger partial charge < -0.3 is 15.6 Å². The molecule has 0 bridgehead atoms. The summed E-state index contributed by atoms with van der Waals surface area (Å²) in [5, 5.41) is 7.43. The first kappa shape index (κ1) is 19.6. The maximum absolute atomic E-state index is 12.1. The SMILES string of the molecule is O=c1cc(NCCCNCc2cc(Br)c(Br)c(Br)c2)[nH]c2ccccc12. The summed E-state index contributed by atoms with van der Waals surface area (Å²) in [5.41, 5.74) is 2.09. The van der Waals surface area contributed by atoms with Crippen LogP contribution >= 0.6 is 47.8 Å². The number of anilines is 1. The van der Waals surface area contributed by atoms with E-state index >= 15 is 0 Å². The van der Waals surface area contributed by atoms with Gasteiger partial charge in [-0.05, 0) is 90.6 Å². The summed E-state index contributed by atoms with van der Waals surface area (Å²) in [6.45, 7) is 2.47. The number of H-pyrrole nitrogens is 1. The monoisotopic (exact) mass is 541 g/mol. The van der Waals surface area contributed by atoms with Crippen LogP contribution in [0.1, 0.15) is 12.0 Å². The predicted octanol–water partition coefficient (Wildman–Crippen LogP) is 5.41. The number of rotatable bonds is 7. The topological polar surface area (TPSA) is 56.9 Å². The number of aromatic nitrogens is 1. The average molecular weight is 544 g/mol. The number of hydrogen-bond donors (Lipinski definition) is 3. The molecule has 0 atom stereocenters. The molecule has 136 valence electrons. The van der Waals surface area contributed by atoms with E-state index in [0.29, 0.717) is 5.39 Å². The zero-order valence-electron chi connectivity index (χ0n) is 13.9. The van der Waals surface area contributed by atoms with E-state index in [2.05, 4.69) is 75.5 Å². The van der Waals surface area contributed by atoms with Gasteiger partial charge in [0.05, 0.1) is 5.52 Å². The minimum Gasteiger partial charge on any atom is -0.371 e. The van der Waals surface area contributed by atoms with Gasteiger partial charge in [0, 0.05) is 38.0 Å². The van der Waals surface area contributed by atoms with Crippen LogP contribution in [-0.4, -0.2) is 18.1 Å². The molecule has 0 aliphatic rings. The number of benzene rings is 2. The summed E-state index contributed by atoms with van der Waals surface area (Å²) < 4.78 is 3.09. The highest BCUT2D eigenvalue weighted by atomic mass is 79.9. The van der Waals surface area contributed by atoms with Crippen molar-refractivity contribution in [2.45, 2.75) is 13.0 Å². The second kappa shape index (κ2) is 9.17. The third-order valence-corrected chi connectivity index (χ3v) is 7.13. The molecule has 3 rings (SSSR count).